The first-order valence-corrected chi connectivity index (χ1v) is 12.5. The fraction of sp³-hybridized carbons (Fsp3) is 0.348. The molecule has 1 aromatic carbocycles. The van der Waals surface area contributed by atoms with Gasteiger partial charge in [0, 0.05) is 43.2 Å². The Hall–Kier alpha value is -3.11. The molecule has 0 aliphatic carbocycles. The first-order chi connectivity index (χ1) is 15.8. The summed E-state index contributed by atoms with van der Waals surface area (Å²) < 4.78 is 37.7. The number of nitrogens with two attached hydrogens (primary N) is 1. The zero-order chi connectivity index (χ0) is 23.4. The summed E-state index contributed by atoms with van der Waals surface area (Å²) in [6.45, 7) is 1.05. The Morgan fingerprint density at radius 1 is 1.09 bits per heavy atom. The Balaban J connectivity index is 1.50. The van der Waals surface area contributed by atoms with E-state index >= 15 is 0 Å². The minimum absolute atomic E-state index is 0.0268. The number of hydrogen-bond acceptors (Lipinski definition) is 5. The molecule has 0 bridgehead atoms. The number of halogens is 1. The van der Waals surface area contributed by atoms with Crippen molar-refractivity contribution in [2.75, 3.05) is 18.8 Å². The van der Waals surface area contributed by atoms with E-state index in [1.807, 2.05) is 18.2 Å². The number of pyridine rings is 1. The van der Waals surface area contributed by atoms with E-state index in [2.05, 4.69) is 10.1 Å². The van der Waals surface area contributed by atoms with Gasteiger partial charge in [-0.15, -0.1) is 0 Å². The van der Waals surface area contributed by atoms with Crippen molar-refractivity contribution in [2.24, 2.45) is 11.1 Å². The highest BCUT2D eigenvalue weighted by Crippen LogP contribution is 2.22. The molecule has 10 heteroatoms. The first-order valence-electron chi connectivity index (χ1n) is 10.8. The number of rotatable bonds is 7. The van der Waals surface area contributed by atoms with Crippen LogP contribution in [0.2, 0.25) is 0 Å². The fourth-order valence-corrected chi connectivity index (χ4v) is 5.11. The van der Waals surface area contributed by atoms with Gasteiger partial charge in [0.2, 0.25) is 15.9 Å². The van der Waals surface area contributed by atoms with Gasteiger partial charge in [0.15, 0.2) is 0 Å². The number of primary sulfonamides is 1. The highest BCUT2D eigenvalue weighted by molar-refractivity contribution is 7.89. The van der Waals surface area contributed by atoms with Gasteiger partial charge in [-0.3, -0.25) is 14.5 Å². The van der Waals surface area contributed by atoms with Crippen LogP contribution in [0.5, 0.6) is 0 Å². The molecule has 3 heterocycles. The zero-order valence-electron chi connectivity index (χ0n) is 18.1. The molecule has 2 aromatic heterocycles. The molecule has 1 aliphatic heterocycles. The van der Waals surface area contributed by atoms with E-state index in [4.69, 9.17) is 5.14 Å². The maximum Gasteiger partial charge on any atom is 0.244 e. The molecular weight excluding hydrogens is 445 g/mol. The van der Waals surface area contributed by atoms with Crippen molar-refractivity contribution in [3.05, 3.63) is 71.9 Å². The summed E-state index contributed by atoms with van der Waals surface area (Å²) in [6.07, 6.45) is 5.08. The van der Waals surface area contributed by atoms with Crippen molar-refractivity contribution in [1.29, 1.82) is 0 Å². The minimum atomic E-state index is -3.52. The number of carbonyl (C=O) groups excluding carboxylic acids is 1. The SMILES string of the molecule is NS(=O)(=O)CC1CCN(C(=O)Cn2nc(-c3ccncc3)cc2Cc2ccc(F)cc2)CC1. The average molecular weight is 472 g/mol. The second kappa shape index (κ2) is 9.80. The zero-order valence-corrected chi connectivity index (χ0v) is 18.9. The molecule has 0 saturated carbocycles. The second-order valence-corrected chi connectivity index (χ2v) is 10.0. The van der Waals surface area contributed by atoms with Crippen molar-refractivity contribution in [2.45, 2.75) is 25.8 Å². The van der Waals surface area contributed by atoms with Crippen molar-refractivity contribution in [3.63, 3.8) is 0 Å². The first kappa shape index (κ1) is 23.1. The number of piperidine rings is 1. The highest BCUT2D eigenvalue weighted by atomic mass is 32.2. The standard InChI is InChI=1S/C23H26FN5O3S/c24-20-3-1-17(2-4-20)13-21-14-22(19-5-9-26-10-6-19)27-29(21)15-23(30)28-11-7-18(8-12-28)16-33(25,31)32/h1-6,9-10,14,18H,7-8,11-13,15-16H2,(H2,25,31,32). The monoisotopic (exact) mass is 471 g/mol. The maximum absolute atomic E-state index is 13.3. The summed E-state index contributed by atoms with van der Waals surface area (Å²) in [5, 5.41) is 9.82. The lowest BCUT2D eigenvalue weighted by atomic mass is 9.99. The Bertz CT molecular complexity index is 1200. The van der Waals surface area contributed by atoms with E-state index in [-0.39, 0.29) is 29.9 Å². The van der Waals surface area contributed by atoms with Crippen LogP contribution < -0.4 is 5.14 Å². The van der Waals surface area contributed by atoms with E-state index in [1.54, 1.807) is 34.1 Å². The number of sulfonamides is 1. The largest absolute Gasteiger partial charge is 0.341 e. The smallest absolute Gasteiger partial charge is 0.244 e. The topological polar surface area (TPSA) is 111 Å². The Morgan fingerprint density at radius 2 is 1.76 bits per heavy atom. The summed E-state index contributed by atoms with van der Waals surface area (Å²) >= 11 is 0. The summed E-state index contributed by atoms with van der Waals surface area (Å²) in [5.41, 5.74) is 3.37. The molecule has 1 amide bonds. The molecule has 0 radical (unpaired) electrons. The Morgan fingerprint density at radius 3 is 2.39 bits per heavy atom. The molecule has 4 rings (SSSR count). The van der Waals surface area contributed by atoms with Crippen LogP contribution in [-0.4, -0.2) is 52.8 Å². The molecule has 1 saturated heterocycles. The summed E-state index contributed by atoms with van der Waals surface area (Å²) in [7, 11) is -3.52. The van der Waals surface area contributed by atoms with E-state index in [1.165, 1.54) is 12.1 Å². The van der Waals surface area contributed by atoms with E-state index in [0.717, 1.165) is 22.5 Å². The third-order valence-electron chi connectivity index (χ3n) is 5.86. The summed E-state index contributed by atoms with van der Waals surface area (Å²) in [6, 6.07) is 11.9. The third kappa shape index (κ3) is 6.23. The van der Waals surface area contributed by atoms with Gasteiger partial charge in [0.05, 0.1) is 11.4 Å². The fourth-order valence-electron chi connectivity index (χ4n) is 4.12. The van der Waals surface area contributed by atoms with Gasteiger partial charge in [-0.05, 0) is 54.7 Å². The predicted molar refractivity (Wildman–Crippen MR) is 122 cm³/mol. The molecule has 174 valence electrons. The van der Waals surface area contributed by atoms with Gasteiger partial charge in [-0.25, -0.2) is 17.9 Å². The van der Waals surface area contributed by atoms with Gasteiger partial charge in [0.1, 0.15) is 12.4 Å². The number of likely N-dealkylation sites (tertiary alicyclic amines) is 1. The highest BCUT2D eigenvalue weighted by Gasteiger charge is 2.26. The molecule has 2 N–H and O–H groups in total. The Kier molecular flexibility index (Phi) is 6.85. The van der Waals surface area contributed by atoms with Gasteiger partial charge in [-0.2, -0.15) is 5.10 Å². The third-order valence-corrected chi connectivity index (χ3v) is 6.79. The lowest BCUT2D eigenvalue weighted by Gasteiger charge is -2.31. The number of carbonyl (C=O) groups is 1. The normalized spacial score (nSPS) is 15.0. The molecule has 1 fully saturated rings. The maximum atomic E-state index is 13.3. The van der Waals surface area contributed by atoms with Gasteiger partial charge >= 0.3 is 0 Å². The average Bonchev–Trinajstić information content (AvgIpc) is 3.17. The van der Waals surface area contributed by atoms with Crippen LogP contribution in [0.4, 0.5) is 4.39 Å². The van der Waals surface area contributed by atoms with E-state index in [9.17, 15) is 17.6 Å². The molecule has 0 unspecified atom stereocenters. The van der Waals surface area contributed by atoms with Gasteiger partial charge in [-0.1, -0.05) is 12.1 Å². The molecule has 0 spiro atoms. The van der Waals surface area contributed by atoms with Crippen LogP contribution in [0, 0.1) is 11.7 Å². The van der Waals surface area contributed by atoms with Crippen LogP contribution in [0.15, 0.2) is 54.9 Å². The molecule has 1 aliphatic rings. The van der Waals surface area contributed by atoms with Crippen LogP contribution in [0.25, 0.3) is 11.3 Å². The molecular formula is C23H26FN5O3S. The lowest BCUT2D eigenvalue weighted by molar-refractivity contribution is -0.133. The molecule has 0 atom stereocenters. The number of amides is 1. The van der Waals surface area contributed by atoms with Crippen LogP contribution in [0.3, 0.4) is 0 Å². The lowest BCUT2D eigenvalue weighted by Crippen LogP contribution is -2.42. The number of benzene rings is 1. The van der Waals surface area contributed by atoms with Gasteiger partial charge < -0.3 is 4.90 Å². The van der Waals surface area contributed by atoms with Crippen LogP contribution >= 0.6 is 0 Å². The van der Waals surface area contributed by atoms with E-state index in [0.29, 0.717) is 32.4 Å². The van der Waals surface area contributed by atoms with E-state index < -0.39 is 10.0 Å². The van der Waals surface area contributed by atoms with Crippen molar-refractivity contribution in [1.82, 2.24) is 19.7 Å². The molecule has 33 heavy (non-hydrogen) atoms. The number of hydrogen-bond donors (Lipinski definition) is 1. The number of nitrogens with zero attached hydrogens (tertiary/aromatic N) is 4. The quantitative estimate of drug-likeness (QED) is 0.568. The Labute approximate surface area is 192 Å². The minimum Gasteiger partial charge on any atom is -0.341 e. The van der Waals surface area contributed by atoms with Crippen molar-refractivity contribution in [3.8, 4) is 11.3 Å². The van der Waals surface area contributed by atoms with Crippen molar-refractivity contribution < 1.29 is 17.6 Å². The second-order valence-electron chi connectivity index (χ2n) is 8.37. The summed E-state index contributed by atoms with van der Waals surface area (Å²) in [5.74, 6) is -0.453. The van der Waals surface area contributed by atoms with Gasteiger partial charge in [0.25, 0.3) is 0 Å². The van der Waals surface area contributed by atoms with Crippen molar-refractivity contribution >= 4 is 15.9 Å². The molecule has 3 aromatic rings. The van der Waals surface area contributed by atoms with Crippen LogP contribution in [-0.2, 0) is 27.8 Å². The predicted octanol–water partition coefficient (Wildman–Crippen LogP) is 2.20. The molecule has 8 nitrogen and oxygen atoms in total. The summed E-state index contributed by atoms with van der Waals surface area (Å²) in [4.78, 5) is 18.8. The number of aromatic nitrogens is 3. The van der Waals surface area contributed by atoms with Crippen LogP contribution in [0.1, 0.15) is 24.1 Å².